The van der Waals surface area contributed by atoms with Crippen LogP contribution in [0.4, 0.5) is 11.6 Å². The molecule has 0 radical (unpaired) electrons. The Bertz CT molecular complexity index is 998. The number of ether oxygens (including phenoxy) is 1. The summed E-state index contributed by atoms with van der Waals surface area (Å²) >= 11 is 0. The first-order valence-corrected chi connectivity index (χ1v) is 9.43. The summed E-state index contributed by atoms with van der Waals surface area (Å²) in [5.41, 5.74) is 1.74. The predicted molar refractivity (Wildman–Crippen MR) is 107 cm³/mol. The maximum atomic E-state index is 12.1. The van der Waals surface area contributed by atoms with Gasteiger partial charge in [0.15, 0.2) is 6.61 Å². The van der Waals surface area contributed by atoms with E-state index >= 15 is 0 Å². The van der Waals surface area contributed by atoms with Crippen LogP contribution in [0.1, 0.15) is 18.4 Å². The van der Waals surface area contributed by atoms with E-state index < -0.39 is 0 Å². The van der Waals surface area contributed by atoms with E-state index in [0.29, 0.717) is 18.0 Å². The lowest BCUT2D eigenvalue weighted by Gasteiger charge is -2.08. The Labute approximate surface area is 167 Å². The minimum Gasteiger partial charge on any atom is -0.484 e. The van der Waals surface area contributed by atoms with Gasteiger partial charge in [-0.25, -0.2) is 9.67 Å². The van der Waals surface area contributed by atoms with E-state index in [1.54, 1.807) is 35.3 Å². The number of hydrogen-bond acceptors (Lipinski definition) is 5. The standard InChI is InChI=1S/C21H21N5O3/c27-19(24-21-22-14-26(25-21)12-15-5-2-1-3-6-15)13-29-18-8-4-7-17(11-18)23-20(28)16-9-10-16/h1-8,11,14,16H,9-10,12-13H2,(H,23,28)(H,24,25,27). The Hall–Kier alpha value is -3.68. The zero-order valence-electron chi connectivity index (χ0n) is 15.7. The predicted octanol–water partition coefficient (Wildman–Crippen LogP) is 2.69. The molecule has 1 fully saturated rings. The van der Waals surface area contributed by atoms with Gasteiger partial charge in [0.25, 0.3) is 5.91 Å². The van der Waals surface area contributed by atoms with Crippen LogP contribution in [0.15, 0.2) is 60.9 Å². The van der Waals surface area contributed by atoms with E-state index in [-0.39, 0.29) is 30.3 Å². The topological polar surface area (TPSA) is 98.1 Å². The third-order valence-corrected chi connectivity index (χ3v) is 4.39. The van der Waals surface area contributed by atoms with Crippen LogP contribution in [0.5, 0.6) is 5.75 Å². The number of nitrogens with one attached hydrogen (secondary N) is 2. The third kappa shape index (κ3) is 5.41. The van der Waals surface area contributed by atoms with Crippen LogP contribution < -0.4 is 15.4 Å². The van der Waals surface area contributed by atoms with Crippen molar-refractivity contribution in [3.05, 3.63) is 66.5 Å². The highest BCUT2D eigenvalue weighted by Crippen LogP contribution is 2.30. The molecule has 0 aliphatic heterocycles. The first-order chi connectivity index (χ1) is 14.2. The molecule has 8 nitrogen and oxygen atoms in total. The van der Waals surface area contributed by atoms with Gasteiger partial charge in [0.2, 0.25) is 11.9 Å². The number of benzene rings is 2. The van der Waals surface area contributed by atoms with Crippen molar-refractivity contribution < 1.29 is 14.3 Å². The quantitative estimate of drug-likeness (QED) is 0.615. The fraction of sp³-hybridized carbons (Fsp3) is 0.238. The fourth-order valence-electron chi connectivity index (χ4n) is 2.76. The van der Waals surface area contributed by atoms with Crippen molar-refractivity contribution in [2.45, 2.75) is 19.4 Å². The summed E-state index contributed by atoms with van der Waals surface area (Å²) in [6, 6.07) is 16.8. The van der Waals surface area contributed by atoms with Gasteiger partial charge in [-0.05, 0) is 30.5 Å². The Kier molecular flexibility index (Phi) is 5.51. The molecule has 1 heterocycles. The summed E-state index contributed by atoms with van der Waals surface area (Å²) in [6.45, 7) is 0.382. The summed E-state index contributed by atoms with van der Waals surface area (Å²) in [6.07, 6.45) is 3.45. The van der Waals surface area contributed by atoms with Gasteiger partial charge in [0, 0.05) is 17.7 Å². The largest absolute Gasteiger partial charge is 0.484 e. The minimum atomic E-state index is -0.366. The van der Waals surface area contributed by atoms with Gasteiger partial charge in [-0.2, -0.15) is 0 Å². The molecule has 0 unspecified atom stereocenters. The van der Waals surface area contributed by atoms with Gasteiger partial charge >= 0.3 is 0 Å². The van der Waals surface area contributed by atoms with E-state index in [2.05, 4.69) is 20.7 Å². The second kappa shape index (κ2) is 8.55. The first-order valence-electron chi connectivity index (χ1n) is 9.43. The zero-order chi connectivity index (χ0) is 20.1. The van der Waals surface area contributed by atoms with E-state index in [9.17, 15) is 9.59 Å². The molecular formula is C21H21N5O3. The maximum Gasteiger partial charge on any atom is 0.264 e. The Morgan fingerprint density at radius 2 is 1.90 bits per heavy atom. The molecule has 0 spiro atoms. The summed E-state index contributed by atoms with van der Waals surface area (Å²) < 4.78 is 7.17. The minimum absolute atomic E-state index is 0.0251. The van der Waals surface area contributed by atoms with Crippen LogP contribution in [0.3, 0.4) is 0 Å². The summed E-state index contributed by atoms with van der Waals surface area (Å²) in [5.74, 6) is 0.503. The lowest BCUT2D eigenvalue weighted by molar-refractivity contribution is -0.118. The maximum absolute atomic E-state index is 12.1. The number of nitrogens with zero attached hydrogens (tertiary/aromatic N) is 3. The van der Waals surface area contributed by atoms with Crippen molar-refractivity contribution >= 4 is 23.5 Å². The van der Waals surface area contributed by atoms with E-state index in [1.165, 1.54) is 0 Å². The summed E-state index contributed by atoms with van der Waals surface area (Å²) in [5, 5.41) is 9.70. The zero-order valence-corrected chi connectivity index (χ0v) is 15.7. The molecule has 2 aromatic carbocycles. The molecule has 29 heavy (non-hydrogen) atoms. The number of anilines is 2. The highest BCUT2D eigenvalue weighted by atomic mass is 16.5. The SMILES string of the molecule is O=C(COc1cccc(NC(=O)C2CC2)c1)Nc1ncn(Cc2ccccc2)n1. The molecule has 0 bridgehead atoms. The van der Waals surface area contributed by atoms with E-state index in [0.717, 1.165) is 18.4 Å². The smallest absolute Gasteiger partial charge is 0.264 e. The molecule has 0 saturated heterocycles. The van der Waals surface area contributed by atoms with Crippen molar-refractivity contribution in [1.29, 1.82) is 0 Å². The number of rotatable bonds is 8. The van der Waals surface area contributed by atoms with Gasteiger partial charge in [-0.3, -0.25) is 14.9 Å². The van der Waals surface area contributed by atoms with Crippen molar-refractivity contribution in [2.75, 3.05) is 17.2 Å². The highest BCUT2D eigenvalue weighted by Gasteiger charge is 2.29. The molecule has 4 rings (SSSR count). The average Bonchev–Trinajstić information content (AvgIpc) is 3.49. The van der Waals surface area contributed by atoms with Gasteiger partial charge in [-0.15, -0.1) is 5.10 Å². The lowest BCUT2D eigenvalue weighted by atomic mass is 10.2. The van der Waals surface area contributed by atoms with Crippen molar-refractivity contribution in [3.8, 4) is 5.75 Å². The van der Waals surface area contributed by atoms with E-state index in [1.807, 2.05) is 30.3 Å². The molecule has 0 atom stereocenters. The van der Waals surface area contributed by atoms with Crippen LogP contribution in [-0.4, -0.2) is 33.2 Å². The fourth-order valence-corrected chi connectivity index (χ4v) is 2.76. The molecule has 2 N–H and O–H groups in total. The Morgan fingerprint density at radius 1 is 1.07 bits per heavy atom. The van der Waals surface area contributed by atoms with Crippen LogP contribution in [0, 0.1) is 5.92 Å². The van der Waals surface area contributed by atoms with Gasteiger partial charge in [0.1, 0.15) is 12.1 Å². The van der Waals surface area contributed by atoms with Crippen molar-refractivity contribution in [2.24, 2.45) is 5.92 Å². The third-order valence-electron chi connectivity index (χ3n) is 4.39. The average molecular weight is 391 g/mol. The molecule has 1 saturated carbocycles. The lowest BCUT2D eigenvalue weighted by Crippen LogP contribution is -2.21. The number of hydrogen-bond donors (Lipinski definition) is 2. The van der Waals surface area contributed by atoms with Gasteiger partial charge in [0.05, 0.1) is 6.54 Å². The highest BCUT2D eigenvalue weighted by molar-refractivity contribution is 5.94. The van der Waals surface area contributed by atoms with Crippen molar-refractivity contribution in [3.63, 3.8) is 0 Å². The number of amides is 2. The van der Waals surface area contributed by atoms with Crippen molar-refractivity contribution in [1.82, 2.24) is 14.8 Å². The molecule has 1 aliphatic rings. The second-order valence-corrected chi connectivity index (χ2v) is 6.88. The van der Waals surface area contributed by atoms with Gasteiger partial charge < -0.3 is 10.1 Å². The number of carbonyl (C=O) groups excluding carboxylic acids is 2. The molecule has 8 heteroatoms. The molecule has 148 valence electrons. The van der Waals surface area contributed by atoms with Crippen LogP contribution in [-0.2, 0) is 16.1 Å². The Morgan fingerprint density at radius 3 is 2.69 bits per heavy atom. The molecular weight excluding hydrogens is 370 g/mol. The second-order valence-electron chi connectivity index (χ2n) is 6.88. The number of aromatic nitrogens is 3. The molecule has 3 aromatic rings. The normalized spacial score (nSPS) is 13.0. The van der Waals surface area contributed by atoms with Crippen LogP contribution >= 0.6 is 0 Å². The van der Waals surface area contributed by atoms with Crippen LogP contribution in [0.2, 0.25) is 0 Å². The monoisotopic (exact) mass is 391 g/mol. The molecule has 1 aromatic heterocycles. The first kappa shape index (κ1) is 18.7. The van der Waals surface area contributed by atoms with Crippen LogP contribution in [0.25, 0.3) is 0 Å². The van der Waals surface area contributed by atoms with Gasteiger partial charge in [-0.1, -0.05) is 36.4 Å². The number of carbonyl (C=O) groups is 2. The molecule has 2 amide bonds. The Balaban J connectivity index is 1.26. The van der Waals surface area contributed by atoms with E-state index in [4.69, 9.17) is 4.74 Å². The summed E-state index contributed by atoms with van der Waals surface area (Å²) in [7, 11) is 0. The molecule has 1 aliphatic carbocycles. The summed E-state index contributed by atoms with van der Waals surface area (Å²) in [4.78, 5) is 28.1.